The van der Waals surface area contributed by atoms with Crippen LogP contribution < -0.4 is 5.46 Å². The van der Waals surface area contributed by atoms with Gasteiger partial charge in [-0.3, -0.25) is 0 Å². The lowest BCUT2D eigenvalue weighted by Gasteiger charge is -2.31. The molecule has 1 aromatic rings. The first kappa shape index (κ1) is 12.3. The molecule has 0 atom stereocenters. The van der Waals surface area contributed by atoms with Crippen molar-refractivity contribution >= 4 is 21.2 Å². The molecule has 0 aromatic heterocycles. The average Bonchev–Trinajstić information content (AvgIpc) is 2.30. The Hall–Kier alpha value is -1.17. The highest BCUT2D eigenvalue weighted by atomic mass is 14.3. The van der Waals surface area contributed by atoms with E-state index in [1.807, 2.05) is 0 Å². The Morgan fingerprint density at radius 1 is 0.941 bits per heavy atom. The summed E-state index contributed by atoms with van der Waals surface area (Å²) in [4.78, 5) is 0. The van der Waals surface area contributed by atoms with E-state index in [-0.39, 0.29) is 5.41 Å². The van der Waals surface area contributed by atoms with Crippen LogP contribution in [-0.2, 0) is 5.41 Å². The van der Waals surface area contributed by atoms with Crippen molar-refractivity contribution in [2.75, 3.05) is 0 Å². The van der Waals surface area contributed by atoms with Crippen molar-refractivity contribution in [3.05, 3.63) is 53.0 Å². The molecule has 86 valence electrons. The molecule has 0 nitrogen and oxygen atoms in total. The molecule has 1 aliphatic rings. The molecular formula is C15H20B2. The third kappa shape index (κ3) is 2.57. The molecule has 2 rings (SSSR count). The number of allylic oxidation sites excluding steroid dienone is 4. The van der Waals surface area contributed by atoms with Crippen molar-refractivity contribution in [3.63, 3.8) is 0 Å². The number of rotatable bonds is 2. The molecule has 0 bridgehead atoms. The Morgan fingerprint density at radius 2 is 1.59 bits per heavy atom. The highest BCUT2D eigenvalue weighted by Gasteiger charge is 2.25. The molecule has 0 unspecified atom stereocenters. The molecule has 0 fully saturated rings. The van der Waals surface area contributed by atoms with Crippen molar-refractivity contribution in [1.29, 1.82) is 0 Å². The van der Waals surface area contributed by atoms with Gasteiger partial charge in [-0.15, -0.1) is 5.47 Å². The molecule has 0 N–H and O–H groups in total. The van der Waals surface area contributed by atoms with Crippen LogP contribution in [0, 0.1) is 0 Å². The Labute approximate surface area is 107 Å². The second-order valence-electron chi connectivity index (χ2n) is 5.70. The minimum atomic E-state index is 0.158. The standard InChI is InChI=1S/C15H20B2/c1-15(2,11-3-7-13(16)8-4-11)12-5-9-14(17)10-6-12/h3-5,7-9H,6,10,16-17H2,1-2H3. The fraction of sp³-hybridized carbons (Fsp3) is 0.333. The van der Waals surface area contributed by atoms with E-state index < -0.39 is 0 Å². The summed E-state index contributed by atoms with van der Waals surface area (Å²) in [6.45, 7) is 4.66. The van der Waals surface area contributed by atoms with E-state index in [0.29, 0.717) is 0 Å². The highest BCUT2D eigenvalue weighted by molar-refractivity contribution is 6.32. The van der Waals surface area contributed by atoms with Gasteiger partial charge >= 0.3 is 0 Å². The summed E-state index contributed by atoms with van der Waals surface area (Å²) in [5, 5.41) is 0. The third-order valence-corrected chi connectivity index (χ3v) is 3.93. The molecule has 17 heavy (non-hydrogen) atoms. The molecule has 0 radical (unpaired) electrons. The smallest absolute Gasteiger partial charge is 0.110 e. The topological polar surface area (TPSA) is 0 Å². The van der Waals surface area contributed by atoms with Gasteiger partial charge in [0.15, 0.2) is 0 Å². The Balaban J connectivity index is 2.33. The molecule has 1 aliphatic carbocycles. The molecule has 0 amide bonds. The lowest BCUT2D eigenvalue weighted by atomic mass is 9.72. The zero-order chi connectivity index (χ0) is 12.5. The maximum absolute atomic E-state index is 2.33. The van der Waals surface area contributed by atoms with Crippen molar-refractivity contribution in [3.8, 4) is 0 Å². The lowest BCUT2D eigenvalue weighted by Crippen LogP contribution is -2.22. The summed E-state index contributed by atoms with van der Waals surface area (Å²) in [6, 6.07) is 8.95. The molecule has 0 aliphatic heterocycles. The molecule has 0 saturated heterocycles. The van der Waals surface area contributed by atoms with Gasteiger partial charge in [-0.25, -0.2) is 0 Å². The quantitative estimate of drug-likeness (QED) is 0.664. The van der Waals surface area contributed by atoms with E-state index in [2.05, 4.69) is 66.0 Å². The first-order valence-electron chi connectivity index (χ1n) is 6.44. The van der Waals surface area contributed by atoms with Gasteiger partial charge < -0.3 is 0 Å². The SMILES string of the molecule is BC1=CC=C(C(C)(C)c2ccc(B)cc2)CC1. The average molecular weight is 222 g/mol. The monoisotopic (exact) mass is 222 g/mol. The number of benzene rings is 1. The van der Waals surface area contributed by atoms with Gasteiger partial charge in [-0.1, -0.05) is 61.3 Å². The molecule has 0 spiro atoms. The normalized spacial score (nSPS) is 16.4. The van der Waals surface area contributed by atoms with E-state index in [9.17, 15) is 0 Å². The summed E-state index contributed by atoms with van der Waals surface area (Å²) < 4.78 is 0. The maximum atomic E-state index is 2.33. The Morgan fingerprint density at radius 3 is 2.12 bits per heavy atom. The molecule has 1 aromatic carbocycles. The van der Waals surface area contributed by atoms with Crippen LogP contribution in [0.4, 0.5) is 0 Å². The van der Waals surface area contributed by atoms with Crippen LogP contribution in [0.25, 0.3) is 0 Å². The predicted octanol–water partition coefficient (Wildman–Crippen LogP) is 1.46. The van der Waals surface area contributed by atoms with Crippen LogP contribution in [-0.4, -0.2) is 15.7 Å². The van der Waals surface area contributed by atoms with E-state index in [1.165, 1.54) is 29.3 Å². The van der Waals surface area contributed by atoms with Crippen molar-refractivity contribution in [2.45, 2.75) is 32.1 Å². The van der Waals surface area contributed by atoms with Gasteiger partial charge in [0, 0.05) is 5.41 Å². The first-order chi connectivity index (χ1) is 8.00. The van der Waals surface area contributed by atoms with Gasteiger partial charge in [0.25, 0.3) is 0 Å². The summed E-state index contributed by atoms with van der Waals surface area (Å²) in [5.74, 6) is 0. The van der Waals surface area contributed by atoms with Crippen LogP contribution in [0.5, 0.6) is 0 Å². The summed E-state index contributed by atoms with van der Waals surface area (Å²) >= 11 is 0. The van der Waals surface area contributed by atoms with Crippen LogP contribution in [0.3, 0.4) is 0 Å². The van der Waals surface area contributed by atoms with Crippen LogP contribution in [0.1, 0.15) is 32.3 Å². The largest absolute Gasteiger partial charge is 0.139 e. The van der Waals surface area contributed by atoms with Gasteiger partial charge in [0.1, 0.15) is 15.7 Å². The highest BCUT2D eigenvalue weighted by Crippen LogP contribution is 2.36. The van der Waals surface area contributed by atoms with Crippen molar-refractivity contribution in [1.82, 2.24) is 0 Å². The van der Waals surface area contributed by atoms with E-state index >= 15 is 0 Å². The zero-order valence-corrected chi connectivity index (χ0v) is 11.4. The molecule has 2 heteroatoms. The second kappa shape index (κ2) is 4.60. The van der Waals surface area contributed by atoms with E-state index in [0.717, 1.165) is 0 Å². The van der Waals surface area contributed by atoms with E-state index in [1.54, 1.807) is 5.57 Å². The van der Waals surface area contributed by atoms with Crippen molar-refractivity contribution in [2.24, 2.45) is 0 Å². The van der Waals surface area contributed by atoms with E-state index in [4.69, 9.17) is 0 Å². The molecular weight excluding hydrogens is 202 g/mol. The van der Waals surface area contributed by atoms with Crippen LogP contribution in [0.15, 0.2) is 47.5 Å². The molecule has 0 saturated carbocycles. The Kier molecular flexibility index (Phi) is 3.33. The maximum Gasteiger partial charge on any atom is 0.139 e. The summed E-state index contributed by atoms with van der Waals surface area (Å²) in [5.41, 5.74) is 5.95. The minimum absolute atomic E-state index is 0.158. The lowest BCUT2D eigenvalue weighted by molar-refractivity contribution is 0.589. The van der Waals surface area contributed by atoms with Gasteiger partial charge in [-0.05, 0) is 18.4 Å². The van der Waals surface area contributed by atoms with Crippen LogP contribution >= 0.6 is 0 Å². The third-order valence-electron chi connectivity index (χ3n) is 3.93. The van der Waals surface area contributed by atoms with Crippen molar-refractivity contribution < 1.29 is 0 Å². The fourth-order valence-corrected chi connectivity index (χ4v) is 2.42. The summed E-state index contributed by atoms with van der Waals surface area (Å²) in [7, 11) is 4.36. The second-order valence-corrected chi connectivity index (χ2v) is 5.70. The predicted molar refractivity (Wildman–Crippen MR) is 81.6 cm³/mol. The van der Waals surface area contributed by atoms with Crippen LogP contribution in [0.2, 0.25) is 0 Å². The fourth-order valence-electron chi connectivity index (χ4n) is 2.42. The summed E-state index contributed by atoms with van der Waals surface area (Å²) in [6.07, 6.45) is 7.00. The van der Waals surface area contributed by atoms with Gasteiger partial charge in [0.2, 0.25) is 0 Å². The number of hydrogen-bond acceptors (Lipinski definition) is 0. The Bertz CT molecular complexity index is 464. The van der Waals surface area contributed by atoms with Gasteiger partial charge in [0.05, 0.1) is 0 Å². The minimum Gasteiger partial charge on any atom is -0.110 e. The molecule has 0 heterocycles. The van der Waals surface area contributed by atoms with Gasteiger partial charge in [-0.2, -0.15) is 0 Å². The first-order valence-corrected chi connectivity index (χ1v) is 6.44. The number of hydrogen-bond donors (Lipinski definition) is 0. The zero-order valence-electron chi connectivity index (χ0n) is 11.4.